The van der Waals surface area contributed by atoms with Crippen LogP contribution in [0.4, 0.5) is 9.59 Å². The van der Waals surface area contributed by atoms with Crippen molar-refractivity contribution in [3.8, 4) is 0 Å². The standard InChI is InChI=1S/C40H53N7O5S2/c1-30(2)38-42-34(28-53-38)26-45(3)39(49)44-47(37(48)15-10-18-46-19-21-51-22-20-46)35(24-32-13-8-5-9-14-32)17-16-33(23-31-11-6-4-7-12-31)43-40(50)52-27-36-25-41-29-54-36/h4-9,11-14,25,28-30,33,35H,10,15-24,26-27H2,1-3H3,(H,43,50)(H,44,49). The number of carbonyl (C=O) groups excluding carboxylic acids is 3. The van der Waals surface area contributed by atoms with E-state index in [1.165, 1.54) is 11.3 Å². The van der Waals surface area contributed by atoms with E-state index < -0.39 is 12.1 Å². The van der Waals surface area contributed by atoms with Crippen LogP contribution < -0.4 is 10.7 Å². The Balaban J connectivity index is 1.35. The maximum Gasteiger partial charge on any atom is 0.407 e. The molecule has 5 rings (SSSR count). The third kappa shape index (κ3) is 13.5. The SMILES string of the molecule is CC(C)c1nc(CN(C)C(=O)NN(C(=O)CCCN2CCOCC2)C(CCC(Cc2ccccc2)NC(=O)OCc2cncs2)Cc2ccccc2)cs1. The number of hydrogen-bond donors (Lipinski definition) is 2. The summed E-state index contributed by atoms with van der Waals surface area (Å²) in [6.45, 7) is 8.48. The lowest BCUT2D eigenvalue weighted by atomic mass is 9.95. The van der Waals surface area contributed by atoms with E-state index in [-0.39, 0.29) is 31.0 Å². The third-order valence-corrected chi connectivity index (χ3v) is 11.2. The first-order valence-corrected chi connectivity index (χ1v) is 20.5. The van der Waals surface area contributed by atoms with E-state index >= 15 is 0 Å². The molecule has 12 nitrogen and oxygen atoms in total. The first-order valence-electron chi connectivity index (χ1n) is 18.7. The second-order valence-electron chi connectivity index (χ2n) is 13.9. The van der Waals surface area contributed by atoms with Gasteiger partial charge in [-0.1, -0.05) is 74.5 Å². The van der Waals surface area contributed by atoms with E-state index in [4.69, 9.17) is 14.5 Å². The lowest BCUT2D eigenvalue weighted by Crippen LogP contribution is -2.56. The summed E-state index contributed by atoms with van der Waals surface area (Å²) < 4.78 is 11.1. The quantitative estimate of drug-likeness (QED) is 0.108. The van der Waals surface area contributed by atoms with Gasteiger partial charge in [-0.25, -0.2) is 25.0 Å². The molecular formula is C40H53N7O5S2. The molecule has 0 bridgehead atoms. The molecular weight excluding hydrogens is 723 g/mol. The van der Waals surface area contributed by atoms with E-state index in [0.29, 0.717) is 57.8 Å². The molecule has 1 aliphatic rings. The molecule has 4 aromatic rings. The van der Waals surface area contributed by atoms with Gasteiger partial charge in [0.1, 0.15) is 6.61 Å². The summed E-state index contributed by atoms with van der Waals surface area (Å²) in [7, 11) is 1.72. The molecule has 2 unspecified atom stereocenters. The molecule has 2 aromatic carbocycles. The number of benzene rings is 2. The van der Waals surface area contributed by atoms with Crippen LogP contribution in [-0.4, -0.2) is 94.8 Å². The van der Waals surface area contributed by atoms with Crippen molar-refractivity contribution in [1.82, 2.24) is 35.5 Å². The lowest BCUT2D eigenvalue weighted by molar-refractivity contribution is -0.137. The molecule has 14 heteroatoms. The summed E-state index contributed by atoms with van der Waals surface area (Å²) >= 11 is 3.01. The molecule has 1 aliphatic heterocycles. The molecule has 0 radical (unpaired) electrons. The third-order valence-electron chi connectivity index (χ3n) is 9.27. The molecule has 1 fully saturated rings. The molecule has 54 heavy (non-hydrogen) atoms. The fraction of sp³-hybridized carbons (Fsp3) is 0.475. The number of urea groups is 1. The average molecular weight is 776 g/mol. The van der Waals surface area contributed by atoms with Crippen LogP contribution in [0.1, 0.15) is 72.2 Å². The van der Waals surface area contributed by atoms with Crippen LogP contribution in [0.25, 0.3) is 0 Å². The Bertz CT molecular complexity index is 1700. The molecule has 1 saturated heterocycles. The Morgan fingerprint density at radius 1 is 0.963 bits per heavy atom. The number of alkyl carbamates (subject to hydrolysis) is 1. The van der Waals surface area contributed by atoms with Gasteiger partial charge in [-0.15, -0.1) is 22.7 Å². The van der Waals surface area contributed by atoms with Gasteiger partial charge in [0.2, 0.25) is 5.91 Å². The Hall–Kier alpha value is -4.37. The van der Waals surface area contributed by atoms with Crippen LogP contribution >= 0.6 is 22.7 Å². The first kappa shape index (κ1) is 40.8. The predicted octanol–water partition coefficient (Wildman–Crippen LogP) is 6.65. The zero-order valence-corrected chi connectivity index (χ0v) is 33.2. The summed E-state index contributed by atoms with van der Waals surface area (Å²) in [6.07, 6.45) is 4.21. The number of rotatable bonds is 18. The molecule has 0 aliphatic carbocycles. The Morgan fingerprint density at radius 2 is 1.67 bits per heavy atom. The molecule has 3 heterocycles. The van der Waals surface area contributed by atoms with Crippen LogP contribution in [0.15, 0.2) is 77.8 Å². The zero-order valence-electron chi connectivity index (χ0n) is 31.5. The maximum absolute atomic E-state index is 14.3. The number of hydrazine groups is 1. The van der Waals surface area contributed by atoms with Gasteiger partial charge in [-0.2, -0.15) is 0 Å². The predicted molar refractivity (Wildman–Crippen MR) is 212 cm³/mol. The van der Waals surface area contributed by atoms with E-state index in [2.05, 4.69) is 34.5 Å². The molecule has 4 amide bonds. The van der Waals surface area contributed by atoms with Crippen molar-refractivity contribution in [2.75, 3.05) is 39.9 Å². The summed E-state index contributed by atoms with van der Waals surface area (Å²) in [5, 5.41) is 7.63. The van der Waals surface area contributed by atoms with Gasteiger partial charge in [0.05, 0.1) is 46.9 Å². The Kier molecular flexibility index (Phi) is 16.2. The number of ether oxygens (including phenoxy) is 2. The Labute approximate surface area is 326 Å². The van der Waals surface area contributed by atoms with Crippen LogP contribution in [0.5, 0.6) is 0 Å². The van der Waals surface area contributed by atoms with Gasteiger partial charge in [-0.05, 0) is 49.8 Å². The Morgan fingerprint density at radius 3 is 2.31 bits per heavy atom. The van der Waals surface area contributed by atoms with Gasteiger partial charge < -0.3 is 19.7 Å². The molecule has 290 valence electrons. The van der Waals surface area contributed by atoms with E-state index in [9.17, 15) is 14.4 Å². The van der Waals surface area contributed by atoms with Crippen LogP contribution in [0.3, 0.4) is 0 Å². The number of carbonyl (C=O) groups is 3. The number of hydrogen-bond acceptors (Lipinski definition) is 10. The van der Waals surface area contributed by atoms with Crippen molar-refractivity contribution in [1.29, 1.82) is 0 Å². The highest BCUT2D eigenvalue weighted by Crippen LogP contribution is 2.21. The van der Waals surface area contributed by atoms with Crippen molar-refractivity contribution in [3.63, 3.8) is 0 Å². The first-order chi connectivity index (χ1) is 26.2. The normalized spacial score (nSPS) is 14.3. The van der Waals surface area contributed by atoms with Crippen molar-refractivity contribution in [2.45, 2.75) is 83.5 Å². The highest BCUT2D eigenvalue weighted by molar-refractivity contribution is 7.09. The summed E-state index contributed by atoms with van der Waals surface area (Å²) in [5.74, 6) is 0.144. The van der Waals surface area contributed by atoms with Crippen molar-refractivity contribution >= 4 is 40.7 Å². The molecule has 0 spiro atoms. The minimum atomic E-state index is -0.516. The number of morpholine rings is 1. The topological polar surface area (TPSA) is 129 Å². The van der Waals surface area contributed by atoms with Crippen molar-refractivity contribution < 1.29 is 23.9 Å². The summed E-state index contributed by atoms with van der Waals surface area (Å²) in [5.41, 5.74) is 7.64. The fourth-order valence-electron chi connectivity index (χ4n) is 6.30. The zero-order chi connectivity index (χ0) is 38.1. The van der Waals surface area contributed by atoms with Crippen LogP contribution in [0.2, 0.25) is 0 Å². The lowest BCUT2D eigenvalue weighted by Gasteiger charge is -2.35. The van der Waals surface area contributed by atoms with Crippen molar-refractivity contribution in [2.24, 2.45) is 0 Å². The largest absolute Gasteiger partial charge is 0.444 e. The maximum atomic E-state index is 14.3. The van der Waals surface area contributed by atoms with E-state index in [1.54, 1.807) is 40.0 Å². The minimum Gasteiger partial charge on any atom is -0.444 e. The van der Waals surface area contributed by atoms with Gasteiger partial charge in [0.25, 0.3) is 0 Å². The molecule has 2 N–H and O–H groups in total. The van der Waals surface area contributed by atoms with E-state index in [1.807, 2.05) is 66.0 Å². The molecule has 2 aromatic heterocycles. The van der Waals surface area contributed by atoms with E-state index in [0.717, 1.165) is 46.3 Å². The summed E-state index contributed by atoms with van der Waals surface area (Å²) in [6, 6.07) is 18.9. The van der Waals surface area contributed by atoms with Crippen LogP contribution in [-0.2, 0) is 40.3 Å². The molecule has 0 saturated carbocycles. The summed E-state index contributed by atoms with van der Waals surface area (Å²) in [4.78, 5) is 54.7. The van der Waals surface area contributed by atoms with Gasteiger partial charge in [-0.3, -0.25) is 14.7 Å². The second-order valence-corrected chi connectivity index (χ2v) is 15.8. The number of nitrogens with one attached hydrogen (secondary N) is 2. The minimum absolute atomic E-state index is 0.136. The van der Waals surface area contributed by atoms with Crippen LogP contribution in [0, 0.1) is 0 Å². The smallest absolute Gasteiger partial charge is 0.407 e. The second kappa shape index (κ2) is 21.5. The number of nitrogens with zero attached hydrogens (tertiary/aromatic N) is 5. The number of thiazole rings is 2. The average Bonchev–Trinajstić information content (AvgIpc) is 3.89. The van der Waals surface area contributed by atoms with Gasteiger partial charge >= 0.3 is 12.1 Å². The monoisotopic (exact) mass is 775 g/mol. The highest BCUT2D eigenvalue weighted by Gasteiger charge is 2.29. The van der Waals surface area contributed by atoms with Gasteiger partial charge in [0, 0.05) is 50.1 Å². The number of amides is 4. The highest BCUT2D eigenvalue weighted by atomic mass is 32.1. The van der Waals surface area contributed by atoms with Gasteiger partial charge in [0.15, 0.2) is 0 Å². The molecule has 2 atom stereocenters. The number of aromatic nitrogens is 2. The van der Waals surface area contributed by atoms with Crippen molar-refractivity contribution in [3.05, 3.63) is 104 Å². The fourth-order valence-corrected chi connectivity index (χ4v) is 7.64.